The molecule has 0 unspecified atom stereocenters. The summed E-state index contributed by atoms with van der Waals surface area (Å²) in [5.41, 5.74) is 7.54. The molecule has 0 N–H and O–H groups in total. The Labute approximate surface area is 234 Å². The molecule has 2 aromatic carbocycles. The summed E-state index contributed by atoms with van der Waals surface area (Å²) < 4.78 is 24.4. The van der Waals surface area contributed by atoms with Crippen LogP contribution < -0.4 is 4.90 Å². The fourth-order valence-corrected chi connectivity index (χ4v) is 5.79. The summed E-state index contributed by atoms with van der Waals surface area (Å²) in [7, 11) is 3.40. The maximum absolute atomic E-state index is 5.85. The Morgan fingerprint density at radius 1 is 0.744 bits per heavy atom. The minimum atomic E-state index is -0.110. The van der Waals surface area contributed by atoms with Crippen LogP contribution >= 0.6 is 0 Å². The Bertz CT molecular complexity index is 1210. The first kappa shape index (κ1) is 29.2. The van der Waals surface area contributed by atoms with E-state index in [2.05, 4.69) is 104 Å². The molecule has 0 aromatic heterocycles. The Hall–Kier alpha value is -2.77. The second-order valence-electron chi connectivity index (χ2n) is 11.1. The summed E-state index contributed by atoms with van der Waals surface area (Å²) in [4.78, 5) is 2.41. The van der Waals surface area contributed by atoms with Gasteiger partial charge in [0.05, 0.1) is 38.4 Å². The number of rotatable bonds is 14. The van der Waals surface area contributed by atoms with E-state index in [9.17, 15) is 0 Å². The van der Waals surface area contributed by atoms with Gasteiger partial charge in [0.1, 0.15) is 6.61 Å². The summed E-state index contributed by atoms with van der Waals surface area (Å²) >= 11 is 0. The third kappa shape index (κ3) is 6.20. The van der Waals surface area contributed by atoms with Gasteiger partial charge in [-0.1, -0.05) is 56.3 Å². The summed E-state index contributed by atoms with van der Waals surface area (Å²) in [5.74, 6) is 0. The molecule has 0 bridgehead atoms. The SMILES string of the molecule is COCCOCCN1C(=CC=CC2=[N+](CCOCCOC)c3ccccc3C2(C)C)C(C)(C)c2ccccc21. The number of benzene rings is 2. The van der Waals surface area contributed by atoms with Crippen LogP contribution in [0.25, 0.3) is 0 Å². The van der Waals surface area contributed by atoms with Crippen LogP contribution in [0.5, 0.6) is 0 Å². The van der Waals surface area contributed by atoms with Gasteiger partial charge in [-0.05, 0) is 31.6 Å². The van der Waals surface area contributed by atoms with E-state index in [-0.39, 0.29) is 10.8 Å². The highest BCUT2D eigenvalue weighted by Crippen LogP contribution is 2.47. The zero-order chi connectivity index (χ0) is 27.9. The lowest BCUT2D eigenvalue weighted by Crippen LogP contribution is -2.30. The lowest BCUT2D eigenvalue weighted by Gasteiger charge is -2.27. The Morgan fingerprint density at radius 3 is 2.10 bits per heavy atom. The van der Waals surface area contributed by atoms with E-state index in [1.807, 2.05) is 0 Å². The van der Waals surface area contributed by atoms with Crippen LogP contribution in [0.4, 0.5) is 11.4 Å². The van der Waals surface area contributed by atoms with Crippen LogP contribution in [0.15, 0.2) is 72.5 Å². The van der Waals surface area contributed by atoms with Crippen molar-refractivity contribution in [2.45, 2.75) is 38.5 Å². The van der Waals surface area contributed by atoms with Gasteiger partial charge in [-0.25, -0.2) is 0 Å². The number of hydrogen-bond donors (Lipinski definition) is 0. The molecule has 0 saturated carbocycles. The fourth-order valence-electron chi connectivity index (χ4n) is 5.79. The molecule has 39 heavy (non-hydrogen) atoms. The van der Waals surface area contributed by atoms with E-state index in [4.69, 9.17) is 18.9 Å². The molecule has 2 aromatic rings. The van der Waals surface area contributed by atoms with Crippen molar-refractivity contribution >= 4 is 17.1 Å². The maximum Gasteiger partial charge on any atom is 0.209 e. The lowest BCUT2D eigenvalue weighted by molar-refractivity contribution is -0.442. The maximum atomic E-state index is 5.85. The first-order chi connectivity index (χ1) is 18.8. The highest BCUT2D eigenvalue weighted by Gasteiger charge is 2.44. The zero-order valence-corrected chi connectivity index (χ0v) is 24.5. The van der Waals surface area contributed by atoms with Crippen molar-refractivity contribution in [1.82, 2.24) is 0 Å². The molecule has 4 rings (SSSR count). The van der Waals surface area contributed by atoms with Crippen molar-refractivity contribution in [3.63, 3.8) is 0 Å². The van der Waals surface area contributed by atoms with Crippen molar-refractivity contribution in [2.75, 3.05) is 71.9 Å². The molecule has 0 amide bonds. The largest absolute Gasteiger partial charge is 0.382 e. The van der Waals surface area contributed by atoms with Gasteiger partial charge >= 0.3 is 0 Å². The molecule has 2 heterocycles. The van der Waals surface area contributed by atoms with Crippen LogP contribution in [0.1, 0.15) is 38.8 Å². The molecule has 6 nitrogen and oxygen atoms in total. The second kappa shape index (κ2) is 13.1. The van der Waals surface area contributed by atoms with Crippen LogP contribution in [0.3, 0.4) is 0 Å². The average molecular weight is 534 g/mol. The van der Waals surface area contributed by atoms with E-state index in [1.54, 1.807) is 14.2 Å². The number of ether oxygens (including phenoxy) is 4. The molecule has 0 fully saturated rings. The van der Waals surface area contributed by atoms with E-state index in [0.717, 1.165) is 13.1 Å². The van der Waals surface area contributed by atoms with Crippen molar-refractivity contribution in [3.05, 3.63) is 83.6 Å². The first-order valence-corrected chi connectivity index (χ1v) is 14.0. The van der Waals surface area contributed by atoms with E-state index in [1.165, 1.54) is 33.9 Å². The van der Waals surface area contributed by atoms with E-state index >= 15 is 0 Å². The number of methoxy groups -OCH3 is 2. The molecule has 0 aliphatic carbocycles. The van der Waals surface area contributed by atoms with Gasteiger partial charge in [0.25, 0.3) is 0 Å². The normalized spacial score (nSPS) is 18.4. The number of fused-ring (bicyclic) bond motifs is 2. The standard InChI is InChI=1S/C33H45N2O4/c1-32(2)26-12-7-9-14-28(26)34(18-20-38-24-22-36-5)30(32)16-11-17-31-33(3,4)27-13-8-10-15-29(27)35(31)19-21-39-25-23-37-6/h7-17H,18-25H2,1-6H3/q+1. The molecule has 0 spiro atoms. The zero-order valence-electron chi connectivity index (χ0n) is 24.5. The van der Waals surface area contributed by atoms with Gasteiger partial charge in [-0.3, -0.25) is 0 Å². The molecular weight excluding hydrogens is 488 g/mol. The Morgan fingerprint density at radius 2 is 1.38 bits per heavy atom. The number of hydrogen-bond acceptors (Lipinski definition) is 5. The highest BCUT2D eigenvalue weighted by molar-refractivity contribution is 6.03. The van der Waals surface area contributed by atoms with Gasteiger partial charge in [-0.2, -0.15) is 4.58 Å². The number of nitrogens with zero attached hydrogens (tertiary/aromatic N) is 2. The smallest absolute Gasteiger partial charge is 0.209 e. The fraction of sp³-hybridized carbons (Fsp3) is 0.485. The topological polar surface area (TPSA) is 43.2 Å². The summed E-state index contributed by atoms with van der Waals surface area (Å²) in [6.45, 7) is 14.5. The minimum absolute atomic E-state index is 0.110. The predicted molar refractivity (Wildman–Crippen MR) is 159 cm³/mol. The Kier molecular flexibility index (Phi) is 9.78. The molecule has 6 heteroatoms. The highest BCUT2D eigenvalue weighted by atomic mass is 16.5. The number of para-hydroxylation sites is 2. The average Bonchev–Trinajstić information content (AvgIpc) is 3.28. The van der Waals surface area contributed by atoms with Crippen molar-refractivity contribution in [3.8, 4) is 0 Å². The molecule has 0 radical (unpaired) electrons. The van der Waals surface area contributed by atoms with Crippen LogP contribution in [0.2, 0.25) is 0 Å². The van der Waals surface area contributed by atoms with Crippen molar-refractivity contribution < 1.29 is 23.5 Å². The van der Waals surface area contributed by atoms with Crippen molar-refractivity contribution in [1.29, 1.82) is 0 Å². The molecule has 2 aliphatic rings. The third-order valence-corrected chi connectivity index (χ3v) is 7.89. The molecule has 210 valence electrons. The minimum Gasteiger partial charge on any atom is -0.382 e. The van der Waals surface area contributed by atoms with Crippen LogP contribution in [-0.2, 0) is 29.8 Å². The molecular formula is C33H45N2O4+. The third-order valence-electron chi connectivity index (χ3n) is 7.89. The van der Waals surface area contributed by atoms with E-state index < -0.39 is 0 Å². The summed E-state index contributed by atoms with van der Waals surface area (Å²) in [6.07, 6.45) is 6.80. The predicted octanol–water partition coefficient (Wildman–Crippen LogP) is 5.63. The number of anilines is 1. The monoisotopic (exact) mass is 533 g/mol. The van der Waals surface area contributed by atoms with Gasteiger partial charge in [0, 0.05) is 55.3 Å². The Balaban J connectivity index is 1.63. The molecule has 0 saturated heterocycles. The quantitative estimate of drug-likeness (QED) is 0.233. The van der Waals surface area contributed by atoms with Crippen LogP contribution in [0, 0.1) is 0 Å². The number of allylic oxidation sites excluding steroid dienone is 4. The van der Waals surface area contributed by atoms with Crippen LogP contribution in [-0.4, -0.2) is 77.2 Å². The summed E-state index contributed by atoms with van der Waals surface area (Å²) in [5, 5.41) is 0. The first-order valence-electron chi connectivity index (χ1n) is 14.0. The van der Waals surface area contributed by atoms with Gasteiger partial charge < -0.3 is 23.8 Å². The van der Waals surface area contributed by atoms with Gasteiger partial charge in [0.2, 0.25) is 5.69 Å². The molecule has 0 atom stereocenters. The summed E-state index contributed by atoms with van der Waals surface area (Å²) in [6, 6.07) is 17.4. The second-order valence-corrected chi connectivity index (χ2v) is 11.1. The van der Waals surface area contributed by atoms with Gasteiger partial charge in [-0.15, -0.1) is 0 Å². The van der Waals surface area contributed by atoms with Gasteiger partial charge in [0.15, 0.2) is 12.3 Å². The molecule has 2 aliphatic heterocycles. The van der Waals surface area contributed by atoms with E-state index in [0.29, 0.717) is 39.6 Å². The lowest BCUT2D eigenvalue weighted by atomic mass is 9.81. The van der Waals surface area contributed by atoms with Crippen molar-refractivity contribution in [2.24, 2.45) is 0 Å².